The molecule has 1 aliphatic heterocycles. The molecule has 0 bridgehead atoms. The van der Waals surface area contributed by atoms with Crippen LogP contribution in [0.25, 0.3) is 10.6 Å². The summed E-state index contributed by atoms with van der Waals surface area (Å²) in [5.41, 5.74) is 1.15. The van der Waals surface area contributed by atoms with E-state index in [1.54, 1.807) is 35.4 Å². The summed E-state index contributed by atoms with van der Waals surface area (Å²) in [5.74, 6) is 0.354. The van der Waals surface area contributed by atoms with Crippen LogP contribution in [0.5, 0.6) is 5.88 Å². The molecule has 0 aliphatic carbocycles. The van der Waals surface area contributed by atoms with Crippen LogP contribution < -0.4 is 4.74 Å². The summed E-state index contributed by atoms with van der Waals surface area (Å²) in [6.07, 6.45) is 9.56. The molecule has 0 aromatic carbocycles. The van der Waals surface area contributed by atoms with Gasteiger partial charge in [0.1, 0.15) is 11.3 Å². The van der Waals surface area contributed by atoms with E-state index in [1.165, 1.54) is 16.1 Å². The maximum absolute atomic E-state index is 13.4. The van der Waals surface area contributed by atoms with E-state index in [0.717, 1.165) is 12.8 Å². The van der Waals surface area contributed by atoms with Gasteiger partial charge in [0.05, 0.1) is 30.7 Å². The van der Waals surface area contributed by atoms with Gasteiger partial charge < -0.3 is 9.64 Å². The molecule has 0 saturated carbocycles. The van der Waals surface area contributed by atoms with Crippen molar-refractivity contribution >= 4 is 34.5 Å². The lowest BCUT2D eigenvalue weighted by atomic mass is 10.0. The smallest absolute Gasteiger partial charge is 0.258 e. The second-order valence-electron chi connectivity index (χ2n) is 7.09. The van der Waals surface area contributed by atoms with Crippen molar-refractivity contribution in [3.05, 3.63) is 53.1 Å². The predicted molar refractivity (Wildman–Crippen MR) is 111 cm³/mol. The van der Waals surface area contributed by atoms with Crippen molar-refractivity contribution in [2.75, 3.05) is 6.54 Å². The molecule has 1 aliphatic rings. The maximum Gasteiger partial charge on any atom is 0.258 e. The molecule has 1 fully saturated rings. The number of rotatable bonds is 4. The van der Waals surface area contributed by atoms with Crippen molar-refractivity contribution in [1.29, 1.82) is 0 Å². The fourth-order valence-corrected chi connectivity index (χ4v) is 4.64. The Bertz CT molecular complexity index is 1190. The van der Waals surface area contributed by atoms with Crippen LogP contribution in [0.1, 0.15) is 30.1 Å². The zero-order valence-electron chi connectivity index (χ0n) is 16.1. The Balaban J connectivity index is 1.38. The molecule has 0 unspecified atom stereocenters. The number of imidazole rings is 1. The van der Waals surface area contributed by atoms with E-state index in [1.807, 2.05) is 16.3 Å². The summed E-state index contributed by atoms with van der Waals surface area (Å²) in [4.78, 5) is 25.3. The highest BCUT2D eigenvalue weighted by molar-refractivity contribution is 7.12. The van der Waals surface area contributed by atoms with Crippen LogP contribution in [0, 0.1) is 0 Å². The molecule has 5 heterocycles. The van der Waals surface area contributed by atoms with E-state index in [-0.39, 0.29) is 18.1 Å². The predicted octanol–water partition coefficient (Wildman–Crippen LogP) is 3.10. The molecule has 9 nitrogen and oxygen atoms in total. The highest BCUT2D eigenvalue weighted by Crippen LogP contribution is 2.28. The van der Waals surface area contributed by atoms with E-state index < -0.39 is 0 Å². The van der Waals surface area contributed by atoms with Gasteiger partial charge in [-0.2, -0.15) is 10.2 Å². The Kier molecular flexibility index (Phi) is 4.87. The Morgan fingerprint density at radius 1 is 1.23 bits per heavy atom. The number of piperidine rings is 1. The molecule has 2 atom stereocenters. The molecule has 1 amide bonds. The van der Waals surface area contributed by atoms with Crippen LogP contribution in [-0.4, -0.2) is 58.9 Å². The average Bonchev–Trinajstić information content (AvgIpc) is 3.50. The lowest BCUT2D eigenvalue weighted by Gasteiger charge is -2.37. The van der Waals surface area contributed by atoms with Crippen molar-refractivity contribution in [3.63, 3.8) is 0 Å². The normalized spacial score (nSPS) is 19.3. The number of carbonyl (C=O) groups excluding carboxylic acids is 1. The van der Waals surface area contributed by atoms with Crippen LogP contribution in [-0.2, 0) is 0 Å². The molecule has 154 valence electrons. The average molecular weight is 444 g/mol. The summed E-state index contributed by atoms with van der Waals surface area (Å²) in [6, 6.07) is 1.91. The van der Waals surface area contributed by atoms with Gasteiger partial charge in [-0.1, -0.05) is 11.6 Å². The van der Waals surface area contributed by atoms with Crippen molar-refractivity contribution in [2.24, 2.45) is 0 Å². The van der Waals surface area contributed by atoms with Crippen LogP contribution in [0.15, 0.2) is 42.4 Å². The zero-order valence-corrected chi connectivity index (χ0v) is 17.6. The third kappa shape index (κ3) is 3.31. The number of likely N-dealkylation sites (tertiary alicyclic amines) is 1. The lowest BCUT2D eigenvalue weighted by Crippen LogP contribution is -2.49. The van der Waals surface area contributed by atoms with Crippen molar-refractivity contribution < 1.29 is 9.53 Å². The molecule has 0 radical (unpaired) electrons. The van der Waals surface area contributed by atoms with Gasteiger partial charge in [-0.05, 0) is 31.2 Å². The van der Waals surface area contributed by atoms with Gasteiger partial charge in [0.15, 0.2) is 5.00 Å². The fraction of sp³-hybridized carbons (Fsp3) is 0.316. The first-order chi connectivity index (χ1) is 14.6. The highest BCUT2D eigenvalue weighted by atomic mass is 35.5. The van der Waals surface area contributed by atoms with Crippen LogP contribution in [0.3, 0.4) is 0 Å². The number of halogens is 1. The summed E-state index contributed by atoms with van der Waals surface area (Å²) < 4.78 is 7.87. The molecular weight excluding hydrogens is 426 g/mol. The molecule has 11 heteroatoms. The number of thiophene rings is 1. The number of fused-ring (bicyclic) bond motifs is 1. The third-order valence-electron chi connectivity index (χ3n) is 5.20. The van der Waals surface area contributed by atoms with Crippen LogP contribution >= 0.6 is 22.9 Å². The van der Waals surface area contributed by atoms with Crippen molar-refractivity contribution in [1.82, 2.24) is 34.3 Å². The van der Waals surface area contributed by atoms with Gasteiger partial charge >= 0.3 is 0 Å². The third-order valence-corrected chi connectivity index (χ3v) is 6.36. The Labute approximate surface area is 180 Å². The molecule has 0 spiro atoms. The fourth-order valence-electron chi connectivity index (χ4n) is 3.65. The topological polar surface area (TPSA) is 90.4 Å². The standard InChI is InChI=1S/C19H18ClN7O2S/c1-12-2-3-13(29-17-16-22-10-15(20)25(16)8-7-21-17)11-26(12)18(28)14-4-9-30-19(14)27-23-5-6-24-27/h4-10,12-13H,2-3,11H2,1H3/t12-,13-/m1/s1. The molecule has 1 saturated heterocycles. The van der Waals surface area contributed by atoms with E-state index in [0.29, 0.717) is 33.8 Å². The summed E-state index contributed by atoms with van der Waals surface area (Å²) in [6.45, 7) is 2.51. The lowest BCUT2D eigenvalue weighted by molar-refractivity contribution is 0.0376. The Morgan fingerprint density at radius 3 is 2.90 bits per heavy atom. The SMILES string of the molecule is C[C@@H]1CC[C@@H](Oc2nccn3c(Cl)cnc23)CN1C(=O)c1ccsc1-n1nccn1. The van der Waals surface area contributed by atoms with Crippen LogP contribution in [0.4, 0.5) is 0 Å². The van der Waals surface area contributed by atoms with E-state index in [2.05, 4.69) is 27.1 Å². The van der Waals surface area contributed by atoms with E-state index in [9.17, 15) is 4.79 Å². The highest BCUT2D eigenvalue weighted by Gasteiger charge is 2.33. The second-order valence-corrected chi connectivity index (χ2v) is 8.37. The van der Waals surface area contributed by atoms with Crippen molar-refractivity contribution in [3.8, 4) is 10.9 Å². The first-order valence-corrected chi connectivity index (χ1v) is 10.8. The number of carbonyl (C=O) groups is 1. The first-order valence-electron chi connectivity index (χ1n) is 9.51. The monoisotopic (exact) mass is 443 g/mol. The van der Waals surface area contributed by atoms with E-state index >= 15 is 0 Å². The number of aromatic nitrogens is 6. The minimum absolute atomic E-state index is 0.0561. The van der Waals surface area contributed by atoms with Gasteiger partial charge in [-0.25, -0.2) is 9.97 Å². The quantitative estimate of drug-likeness (QED) is 0.481. The largest absolute Gasteiger partial charge is 0.470 e. The molecule has 5 rings (SSSR count). The van der Waals surface area contributed by atoms with Gasteiger partial charge in [0.2, 0.25) is 5.65 Å². The van der Waals surface area contributed by atoms with Crippen LogP contribution in [0.2, 0.25) is 5.15 Å². The van der Waals surface area contributed by atoms with Gasteiger partial charge in [0.25, 0.3) is 11.8 Å². The molecule has 30 heavy (non-hydrogen) atoms. The molecule has 4 aromatic heterocycles. The number of nitrogens with zero attached hydrogens (tertiary/aromatic N) is 7. The number of amides is 1. The van der Waals surface area contributed by atoms with Crippen molar-refractivity contribution in [2.45, 2.75) is 31.9 Å². The van der Waals surface area contributed by atoms with Gasteiger partial charge in [0, 0.05) is 18.4 Å². The number of hydrogen-bond donors (Lipinski definition) is 0. The van der Waals surface area contributed by atoms with Gasteiger partial charge in [-0.15, -0.1) is 16.1 Å². The van der Waals surface area contributed by atoms with E-state index in [4.69, 9.17) is 16.3 Å². The Morgan fingerprint density at radius 2 is 2.07 bits per heavy atom. The minimum Gasteiger partial charge on any atom is -0.470 e. The maximum atomic E-state index is 13.4. The summed E-state index contributed by atoms with van der Waals surface area (Å²) in [5, 5.41) is 11.4. The van der Waals surface area contributed by atoms with Gasteiger partial charge in [-0.3, -0.25) is 9.20 Å². The number of ether oxygens (including phenoxy) is 1. The second kappa shape index (κ2) is 7.69. The summed E-state index contributed by atoms with van der Waals surface area (Å²) >= 11 is 7.57. The molecule has 0 N–H and O–H groups in total. The summed E-state index contributed by atoms with van der Waals surface area (Å²) in [7, 11) is 0. The minimum atomic E-state index is -0.191. The molecule has 4 aromatic rings. The molecular formula is C19H18ClN7O2S. The first kappa shape index (κ1) is 19.0. The Hall–Kier alpha value is -2.98. The zero-order chi connectivity index (χ0) is 20.7. The number of hydrogen-bond acceptors (Lipinski definition) is 7.